The molecule has 0 saturated carbocycles. The number of ether oxygens (including phenoxy) is 1. The summed E-state index contributed by atoms with van der Waals surface area (Å²) in [7, 11) is 1.93. The lowest BCUT2D eigenvalue weighted by atomic mass is 10.2. The number of hydrogen-bond donors (Lipinski definition) is 1. The normalized spacial score (nSPS) is 10.6. The third kappa shape index (κ3) is 8.18. The summed E-state index contributed by atoms with van der Waals surface area (Å²) in [5.41, 5.74) is 1.09. The van der Waals surface area contributed by atoms with Crippen LogP contribution >= 0.6 is 12.4 Å². The Bertz CT molecular complexity index is 289. The SMILES string of the molecule is CC(C)COCCCNCc1ccn(C)n1.Cl. The molecule has 0 saturated heterocycles. The van der Waals surface area contributed by atoms with E-state index in [0.29, 0.717) is 5.92 Å². The molecule has 1 heterocycles. The largest absolute Gasteiger partial charge is 0.381 e. The molecule has 0 unspecified atom stereocenters. The average molecular weight is 262 g/mol. The summed E-state index contributed by atoms with van der Waals surface area (Å²) in [6, 6.07) is 2.03. The van der Waals surface area contributed by atoms with Crippen LogP contribution in [0.25, 0.3) is 0 Å². The average Bonchev–Trinajstić information content (AvgIpc) is 2.62. The van der Waals surface area contributed by atoms with Crippen LogP contribution in [0.5, 0.6) is 0 Å². The molecule has 0 atom stereocenters. The standard InChI is InChI=1S/C12H23N3O.ClH/c1-11(2)10-16-8-4-6-13-9-12-5-7-15(3)14-12;/h5,7,11,13H,4,6,8-10H2,1-3H3;1H. The number of halogens is 1. The Morgan fingerprint density at radius 3 is 2.82 bits per heavy atom. The van der Waals surface area contributed by atoms with Crippen LogP contribution in [0.3, 0.4) is 0 Å². The van der Waals surface area contributed by atoms with E-state index >= 15 is 0 Å². The van der Waals surface area contributed by atoms with Crippen molar-refractivity contribution in [1.82, 2.24) is 15.1 Å². The Hall–Kier alpha value is -0.580. The number of nitrogens with one attached hydrogen (secondary N) is 1. The summed E-state index contributed by atoms with van der Waals surface area (Å²) in [4.78, 5) is 0. The molecule has 1 N–H and O–H groups in total. The van der Waals surface area contributed by atoms with Crippen molar-refractivity contribution in [1.29, 1.82) is 0 Å². The van der Waals surface area contributed by atoms with Crippen molar-refractivity contribution in [3.8, 4) is 0 Å². The molecular weight excluding hydrogens is 238 g/mol. The zero-order valence-electron chi connectivity index (χ0n) is 11.0. The highest BCUT2D eigenvalue weighted by Gasteiger charge is 1.96. The summed E-state index contributed by atoms with van der Waals surface area (Å²) >= 11 is 0. The minimum Gasteiger partial charge on any atom is -0.381 e. The van der Waals surface area contributed by atoms with E-state index in [1.165, 1.54) is 0 Å². The highest BCUT2D eigenvalue weighted by Crippen LogP contribution is 1.94. The van der Waals surface area contributed by atoms with Crippen molar-refractivity contribution < 1.29 is 4.74 Å². The van der Waals surface area contributed by atoms with Gasteiger partial charge < -0.3 is 10.1 Å². The van der Waals surface area contributed by atoms with E-state index in [9.17, 15) is 0 Å². The zero-order valence-corrected chi connectivity index (χ0v) is 11.8. The van der Waals surface area contributed by atoms with Gasteiger partial charge in [0, 0.05) is 33.0 Å². The van der Waals surface area contributed by atoms with Gasteiger partial charge in [0.2, 0.25) is 0 Å². The number of aryl methyl sites for hydroxylation is 1. The maximum atomic E-state index is 5.49. The zero-order chi connectivity index (χ0) is 11.8. The fraction of sp³-hybridized carbons (Fsp3) is 0.750. The van der Waals surface area contributed by atoms with E-state index in [1.807, 2.05) is 24.0 Å². The highest BCUT2D eigenvalue weighted by atomic mass is 35.5. The second kappa shape index (κ2) is 9.45. The molecular formula is C12H24ClN3O. The first-order chi connectivity index (χ1) is 7.68. The number of rotatable bonds is 8. The lowest BCUT2D eigenvalue weighted by Gasteiger charge is -2.06. The Balaban J connectivity index is 0.00000256. The topological polar surface area (TPSA) is 39.1 Å². The summed E-state index contributed by atoms with van der Waals surface area (Å²) in [5, 5.41) is 7.64. The van der Waals surface area contributed by atoms with Gasteiger partial charge in [0.15, 0.2) is 0 Å². The van der Waals surface area contributed by atoms with Crippen LogP contribution in [0.1, 0.15) is 26.0 Å². The predicted octanol–water partition coefficient (Wildman–Crippen LogP) is 1.99. The van der Waals surface area contributed by atoms with Crippen LogP contribution < -0.4 is 5.32 Å². The Morgan fingerprint density at radius 2 is 2.24 bits per heavy atom. The van der Waals surface area contributed by atoms with Gasteiger partial charge in [-0.15, -0.1) is 12.4 Å². The molecule has 0 aliphatic rings. The maximum Gasteiger partial charge on any atom is 0.0762 e. The lowest BCUT2D eigenvalue weighted by Crippen LogP contribution is -2.17. The molecule has 0 aliphatic carbocycles. The first-order valence-electron chi connectivity index (χ1n) is 5.95. The van der Waals surface area contributed by atoms with Crippen molar-refractivity contribution in [3.63, 3.8) is 0 Å². The first-order valence-corrected chi connectivity index (χ1v) is 5.95. The van der Waals surface area contributed by atoms with Crippen LogP contribution in [0, 0.1) is 5.92 Å². The van der Waals surface area contributed by atoms with Gasteiger partial charge in [0.1, 0.15) is 0 Å². The van der Waals surface area contributed by atoms with E-state index in [1.54, 1.807) is 0 Å². The monoisotopic (exact) mass is 261 g/mol. The molecule has 0 radical (unpaired) electrons. The number of nitrogens with zero attached hydrogens (tertiary/aromatic N) is 2. The van der Waals surface area contributed by atoms with E-state index < -0.39 is 0 Å². The van der Waals surface area contributed by atoms with Crippen molar-refractivity contribution >= 4 is 12.4 Å². The molecule has 0 bridgehead atoms. The fourth-order valence-corrected chi connectivity index (χ4v) is 1.39. The van der Waals surface area contributed by atoms with E-state index in [4.69, 9.17) is 4.74 Å². The van der Waals surface area contributed by atoms with Crippen molar-refractivity contribution in [2.75, 3.05) is 19.8 Å². The van der Waals surface area contributed by atoms with Crippen molar-refractivity contribution in [2.24, 2.45) is 13.0 Å². The first kappa shape index (κ1) is 16.4. The summed E-state index contributed by atoms with van der Waals surface area (Å²) in [6.07, 6.45) is 3.02. The third-order valence-electron chi connectivity index (χ3n) is 2.17. The van der Waals surface area contributed by atoms with E-state index in [0.717, 1.165) is 38.4 Å². The minimum absolute atomic E-state index is 0. The predicted molar refractivity (Wildman–Crippen MR) is 72.4 cm³/mol. The van der Waals surface area contributed by atoms with E-state index in [2.05, 4.69) is 24.3 Å². The quantitative estimate of drug-likeness (QED) is 0.728. The van der Waals surface area contributed by atoms with Crippen molar-refractivity contribution in [2.45, 2.75) is 26.8 Å². The van der Waals surface area contributed by atoms with Gasteiger partial charge >= 0.3 is 0 Å². The van der Waals surface area contributed by atoms with Gasteiger partial charge in [-0.25, -0.2) is 0 Å². The maximum absolute atomic E-state index is 5.49. The molecule has 5 heteroatoms. The Labute approximate surface area is 110 Å². The summed E-state index contributed by atoms with van der Waals surface area (Å²) in [6.45, 7) is 7.85. The lowest BCUT2D eigenvalue weighted by molar-refractivity contribution is 0.108. The van der Waals surface area contributed by atoms with Gasteiger partial charge in [-0.3, -0.25) is 4.68 Å². The Morgan fingerprint density at radius 1 is 1.47 bits per heavy atom. The Kier molecular flexibility index (Phi) is 9.13. The molecule has 0 fully saturated rings. The smallest absolute Gasteiger partial charge is 0.0762 e. The van der Waals surface area contributed by atoms with Crippen LogP contribution in [0.15, 0.2) is 12.3 Å². The van der Waals surface area contributed by atoms with Crippen LogP contribution in [-0.2, 0) is 18.3 Å². The minimum atomic E-state index is 0. The number of hydrogen-bond acceptors (Lipinski definition) is 3. The second-order valence-corrected chi connectivity index (χ2v) is 4.48. The molecule has 100 valence electrons. The number of aromatic nitrogens is 2. The molecule has 0 amide bonds. The van der Waals surface area contributed by atoms with Gasteiger partial charge in [-0.1, -0.05) is 13.8 Å². The van der Waals surface area contributed by atoms with Gasteiger partial charge in [-0.05, 0) is 24.9 Å². The van der Waals surface area contributed by atoms with Crippen LogP contribution in [0.2, 0.25) is 0 Å². The van der Waals surface area contributed by atoms with Crippen LogP contribution in [-0.4, -0.2) is 29.5 Å². The van der Waals surface area contributed by atoms with Gasteiger partial charge in [0.05, 0.1) is 5.69 Å². The van der Waals surface area contributed by atoms with Crippen molar-refractivity contribution in [3.05, 3.63) is 18.0 Å². The van der Waals surface area contributed by atoms with Crippen LogP contribution in [0.4, 0.5) is 0 Å². The highest BCUT2D eigenvalue weighted by molar-refractivity contribution is 5.85. The third-order valence-corrected chi connectivity index (χ3v) is 2.17. The molecule has 4 nitrogen and oxygen atoms in total. The molecule has 1 aromatic rings. The van der Waals surface area contributed by atoms with Gasteiger partial charge in [-0.2, -0.15) is 5.10 Å². The molecule has 0 aromatic carbocycles. The fourth-order valence-electron chi connectivity index (χ4n) is 1.39. The molecule has 0 aliphatic heterocycles. The molecule has 1 rings (SSSR count). The molecule has 17 heavy (non-hydrogen) atoms. The second-order valence-electron chi connectivity index (χ2n) is 4.48. The molecule has 1 aromatic heterocycles. The summed E-state index contributed by atoms with van der Waals surface area (Å²) < 4.78 is 7.31. The van der Waals surface area contributed by atoms with E-state index in [-0.39, 0.29) is 12.4 Å². The summed E-state index contributed by atoms with van der Waals surface area (Å²) in [5.74, 6) is 0.626. The van der Waals surface area contributed by atoms with Gasteiger partial charge in [0.25, 0.3) is 0 Å². The molecule has 0 spiro atoms.